The molecule has 3 nitrogen and oxygen atoms in total. The molecule has 15 aromatic rings. The van der Waals surface area contributed by atoms with Crippen molar-refractivity contribution < 1.29 is 8.83 Å². The van der Waals surface area contributed by atoms with E-state index in [1.165, 1.54) is 32.3 Å². The maximum Gasteiger partial charge on any atom is 0.143 e. The molecule has 0 saturated heterocycles. The summed E-state index contributed by atoms with van der Waals surface area (Å²) >= 11 is 0. The third-order valence-corrected chi connectivity index (χ3v) is 14.6. The molecular weight excluding hydrogens is 839 g/mol. The predicted octanol–water partition coefficient (Wildman–Crippen LogP) is 18.7. The summed E-state index contributed by atoms with van der Waals surface area (Å²) < 4.78 is 16.4. The quantitative estimate of drug-likeness (QED) is 0.161. The number of benzene rings is 12. The Morgan fingerprint density at radius 2 is 0.565 bits per heavy atom. The van der Waals surface area contributed by atoms with Crippen molar-refractivity contribution in [3.63, 3.8) is 0 Å². The number of nitrogens with zero attached hydrogens (tertiary/aromatic N) is 1. The number of hydrogen-bond donors (Lipinski definition) is 0. The summed E-state index contributed by atoms with van der Waals surface area (Å²) in [6.07, 6.45) is 0. The molecule has 0 aliphatic heterocycles. The first-order chi connectivity index (χ1) is 34.2. The standard InChI is InChI=1S/C66H39NO2/c1-3-15-40(16-4-1)45-23-11-27-54-56-29-13-25-47(65(56)68-63(45)54)42-31-35-61-59(37-42)60-38-43(48-26-14-30-57-55-28-12-24-46(64(55)69-66(48)57)41-17-5-2-6-18-41)32-36-62(60)67(61)44-33-34-53-51-21-8-7-19-49(51)50-20-9-10-22-52(50)58(53)39-44/h1-39H. The highest BCUT2D eigenvalue weighted by Crippen LogP contribution is 2.45. The lowest BCUT2D eigenvalue weighted by molar-refractivity contribution is 0.670. The van der Waals surface area contributed by atoms with Crippen LogP contribution < -0.4 is 0 Å². The van der Waals surface area contributed by atoms with Crippen LogP contribution in [0.2, 0.25) is 0 Å². The van der Waals surface area contributed by atoms with Gasteiger partial charge in [0.25, 0.3) is 0 Å². The fourth-order valence-corrected chi connectivity index (χ4v) is 11.5. The molecule has 0 atom stereocenters. The van der Waals surface area contributed by atoms with Crippen LogP contribution >= 0.6 is 0 Å². The number of para-hydroxylation sites is 4. The van der Waals surface area contributed by atoms with Gasteiger partial charge in [0.05, 0.1) is 11.0 Å². The molecule has 0 spiro atoms. The Balaban J connectivity index is 0.980. The SMILES string of the molecule is c1ccc(-c2cccc3c2oc2c(-c4ccc5c(c4)c4cc(-c6cccc7c6oc6c(-c8ccccc8)cccc67)ccc4n5-c4ccc5c6ccccc6c6ccccc6c5c4)cccc23)cc1. The van der Waals surface area contributed by atoms with E-state index in [0.717, 1.165) is 116 Å². The summed E-state index contributed by atoms with van der Waals surface area (Å²) in [7, 11) is 0. The highest BCUT2D eigenvalue weighted by atomic mass is 16.3. The Morgan fingerprint density at radius 1 is 0.217 bits per heavy atom. The Kier molecular flexibility index (Phi) is 8.07. The van der Waals surface area contributed by atoms with Crippen molar-refractivity contribution in [2.45, 2.75) is 0 Å². The minimum Gasteiger partial charge on any atom is -0.455 e. The van der Waals surface area contributed by atoms with Gasteiger partial charge in [0, 0.05) is 60.3 Å². The van der Waals surface area contributed by atoms with Crippen molar-refractivity contribution in [2.24, 2.45) is 0 Å². The monoisotopic (exact) mass is 877 g/mol. The zero-order valence-electron chi connectivity index (χ0n) is 37.3. The van der Waals surface area contributed by atoms with E-state index in [1.807, 2.05) is 0 Å². The minimum atomic E-state index is 0.889. The van der Waals surface area contributed by atoms with E-state index in [-0.39, 0.29) is 0 Å². The fraction of sp³-hybridized carbons (Fsp3) is 0. The molecule has 0 N–H and O–H groups in total. The lowest BCUT2D eigenvalue weighted by atomic mass is 9.94. The highest BCUT2D eigenvalue weighted by Gasteiger charge is 2.21. The summed E-state index contributed by atoms with van der Waals surface area (Å²) in [5.41, 5.74) is 15.7. The molecule has 0 unspecified atom stereocenters. The van der Waals surface area contributed by atoms with Gasteiger partial charge in [0.15, 0.2) is 0 Å². The lowest BCUT2D eigenvalue weighted by Gasteiger charge is -2.14. The van der Waals surface area contributed by atoms with Gasteiger partial charge in [-0.1, -0.05) is 200 Å². The number of furan rings is 2. The second-order valence-electron chi connectivity index (χ2n) is 18.3. The molecule has 0 radical (unpaired) electrons. The van der Waals surface area contributed by atoms with Gasteiger partial charge in [-0.15, -0.1) is 0 Å². The van der Waals surface area contributed by atoms with Crippen LogP contribution in [0.4, 0.5) is 0 Å². The van der Waals surface area contributed by atoms with Crippen LogP contribution in [0.25, 0.3) is 148 Å². The normalized spacial score (nSPS) is 12.1. The predicted molar refractivity (Wildman–Crippen MR) is 290 cm³/mol. The molecule has 0 saturated carbocycles. The Bertz CT molecular complexity index is 4340. The van der Waals surface area contributed by atoms with Crippen LogP contribution in [-0.2, 0) is 0 Å². The smallest absolute Gasteiger partial charge is 0.143 e. The van der Waals surface area contributed by atoms with Crippen LogP contribution in [0, 0.1) is 0 Å². The molecule has 0 amide bonds. The molecule has 320 valence electrons. The summed E-state index contributed by atoms with van der Waals surface area (Å²) in [6, 6.07) is 85.6. The third kappa shape index (κ3) is 5.62. The Morgan fingerprint density at radius 3 is 0.986 bits per heavy atom. The largest absolute Gasteiger partial charge is 0.455 e. The molecule has 3 heterocycles. The van der Waals surface area contributed by atoms with Gasteiger partial charge >= 0.3 is 0 Å². The van der Waals surface area contributed by atoms with Gasteiger partial charge in [-0.25, -0.2) is 0 Å². The van der Waals surface area contributed by atoms with Crippen LogP contribution in [0.15, 0.2) is 245 Å². The first-order valence-electron chi connectivity index (χ1n) is 23.7. The Labute approximate surface area is 396 Å². The van der Waals surface area contributed by atoms with E-state index < -0.39 is 0 Å². The van der Waals surface area contributed by atoms with Crippen molar-refractivity contribution in [3.05, 3.63) is 237 Å². The average molecular weight is 878 g/mol. The van der Waals surface area contributed by atoms with Crippen molar-refractivity contribution in [3.8, 4) is 50.2 Å². The number of rotatable bonds is 5. The molecule has 15 rings (SSSR count). The van der Waals surface area contributed by atoms with E-state index >= 15 is 0 Å². The molecule has 0 fully saturated rings. The maximum atomic E-state index is 6.97. The third-order valence-electron chi connectivity index (χ3n) is 14.6. The van der Waals surface area contributed by atoms with Crippen molar-refractivity contribution in [2.75, 3.05) is 0 Å². The molecule has 69 heavy (non-hydrogen) atoms. The topological polar surface area (TPSA) is 31.2 Å². The number of aromatic nitrogens is 1. The van der Waals surface area contributed by atoms with E-state index in [0.29, 0.717) is 0 Å². The zero-order valence-corrected chi connectivity index (χ0v) is 37.3. The van der Waals surface area contributed by atoms with Gasteiger partial charge < -0.3 is 13.4 Å². The van der Waals surface area contributed by atoms with E-state index in [4.69, 9.17) is 8.83 Å². The van der Waals surface area contributed by atoms with Gasteiger partial charge in [0.2, 0.25) is 0 Å². The second-order valence-corrected chi connectivity index (χ2v) is 18.3. The molecular formula is C66H39NO2. The minimum absolute atomic E-state index is 0.889. The molecule has 0 bridgehead atoms. The van der Waals surface area contributed by atoms with Crippen LogP contribution in [-0.4, -0.2) is 4.57 Å². The second kappa shape index (κ2) is 14.7. The maximum absolute atomic E-state index is 6.97. The molecule has 3 aromatic heterocycles. The summed E-state index contributed by atoms with van der Waals surface area (Å²) in [5, 5.41) is 14.3. The lowest BCUT2D eigenvalue weighted by Crippen LogP contribution is -1.95. The van der Waals surface area contributed by atoms with E-state index in [9.17, 15) is 0 Å². The van der Waals surface area contributed by atoms with Crippen LogP contribution in [0.5, 0.6) is 0 Å². The van der Waals surface area contributed by atoms with E-state index in [1.54, 1.807) is 0 Å². The van der Waals surface area contributed by atoms with Gasteiger partial charge in [0.1, 0.15) is 22.3 Å². The fourth-order valence-electron chi connectivity index (χ4n) is 11.5. The van der Waals surface area contributed by atoms with Crippen molar-refractivity contribution >= 4 is 98.0 Å². The number of hydrogen-bond acceptors (Lipinski definition) is 2. The first-order valence-corrected chi connectivity index (χ1v) is 23.7. The van der Waals surface area contributed by atoms with Gasteiger partial charge in [-0.2, -0.15) is 0 Å². The zero-order chi connectivity index (χ0) is 45.2. The molecule has 12 aromatic carbocycles. The van der Waals surface area contributed by atoms with E-state index in [2.05, 4.69) is 241 Å². The van der Waals surface area contributed by atoms with Crippen LogP contribution in [0.1, 0.15) is 0 Å². The summed E-state index contributed by atoms with van der Waals surface area (Å²) in [4.78, 5) is 0. The van der Waals surface area contributed by atoms with Crippen LogP contribution in [0.3, 0.4) is 0 Å². The van der Waals surface area contributed by atoms with Crippen molar-refractivity contribution in [1.82, 2.24) is 4.57 Å². The number of fused-ring (bicyclic) bond motifs is 15. The summed E-state index contributed by atoms with van der Waals surface area (Å²) in [6.45, 7) is 0. The summed E-state index contributed by atoms with van der Waals surface area (Å²) in [5.74, 6) is 0. The molecule has 0 aliphatic rings. The van der Waals surface area contributed by atoms with Crippen molar-refractivity contribution in [1.29, 1.82) is 0 Å². The van der Waals surface area contributed by atoms with Gasteiger partial charge in [-0.05, 0) is 91.0 Å². The highest BCUT2D eigenvalue weighted by molar-refractivity contribution is 6.26. The average Bonchev–Trinajstić information content (AvgIpc) is 4.11. The molecule has 0 aliphatic carbocycles. The Hall–Kier alpha value is -9.18. The van der Waals surface area contributed by atoms with Gasteiger partial charge in [-0.3, -0.25) is 0 Å². The first kappa shape index (κ1) is 38.0. The molecule has 3 heteroatoms.